The van der Waals surface area contributed by atoms with E-state index < -0.39 is 0 Å². The van der Waals surface area contributed by atoms with Crippen LogP contribution in [0.5, 0.6) is 6.01 Å². The lowest BCUT2D eigenvalue weighted by Crippen LogP contribution is -2.31. The molecule has 0 saturated carbocycles. The number of hydrogen-bond donors (Lipinski definition) is 1. The summed E-state index contributed by atoms with van der Waals surface area (Å²) >= 11 is 0. The first-order valence-corrected chi connectivity index (χ1v) is 6.14. The van der Waals surface area contributed by atoms with Crippen LogP contribution in [0.1, 0.15) is 25.0 Å². The smallest absolute Gasteiger partial charge is 0.296 e. The van der Waals surface area contributed by atoms with E-state index in [0.29, 0.717) is 6.01 Å². The number of ether oxygens (including phenoxy) is 1. The van der Waals surface area contributed by atoms with Crippen LogP contribution in [0.2, 0.25) is 0 Å². The second-order valence-corrected chi connectivity index (χ2v) is 4.40. The number of rotatable bonds is 4. The van der Waals surface area contributed by atoms with E-state index in [2.05, 4.69) is 14.9 Å². The molecule has 1 saturated heterocycles. The van der Waals surface area contributed by atoms with Crippen molar-refractivity contribution in [1.82, 2.24) is 14.9 Å². The van der Waals surface area contributed by atoms with E-state index in [9.17, 15) is 4.79 Å². The summed E-state index contributed by atoms with van der Waals surface area (Å²) < 4.78 is 4.95. The number of methoxy groups -OCH3 is 1. The standard InChI is InChI=1S/C12H19N3O2/c1-17-12-13-10(9-11(16)14-12)5-8-15-6-3-2-4-7-15/h9H,2-8H2,1H3,(H,13,14,16). The molecule has 1 aliphatic rings. The van der Waals surface area contributed by atoms with Gasteiger partial charge in [0.25, 0.3) is 11.6 Å². The fourth-order valence-corrected chi connectivity index (χ4v) is 2.16. The predicted molar refractivity (Wildman–Crippen MR) is 65.4 cm³/mol. The van der Waals surface area contributed by atoms with Gasteiger partial charge >= 0.3 is 0 Å². The Bertz CT molecular complexity index is 410. The SMILES string of the molecule is COc1nc(CCN2CCCCC2)cc(=O)[nH]1. The maximum Gasteiger partial charge on any atom is 0.296 e. The Morgan fingerprint density at radius 3 is 2.88 bits per heavy atom. The Kier molecular flexibility index (Phi) is 4.14. The molecule has 1 aromatic heterocycles. The average Bonchev–Trinajstić information content (AvgIpc) is 2.37. The Hall–Kier alpha value is -1.36. The number of H-pyrrole nitrogens is 1. The van der Waals surface area contributed by atoms with Gasteiger partial charge in [0, 0.05) is 19.0 Å². The van der Waals surface area contributed by atoms with Gasteiger partial charge in [-0.3, -0.25) is 9.78 Å². The van der Waals surface area contributed by atoms with Crippen LogP contribution in [0.25, 0.3) is 0 Å². The normalized spacial score (nSPS) is 17.0. The molecule has 1 aromatic rings. The van der Waals surface area contributed by atoms with Gasteiger partial charge in [0.1, 0.15) is 0 Å². The molecular weight excluding hydrogens is 218 g/mol. The highest BCUT2D eigenvalue weighted by Crippen LogP contribution is 2.09. The fourth-order valence-electron chi connectivity index (χ4n) is 2.16. The van der Waals surface area contributed by atoms with Gasteiger partial charge in [0.15, 0.2) is 0 Å². The van der Waals surface area contributed by atoms with Crippen LogP contribution in [0, 0.1) is 0 Å². The molecule has 5 nitrogen and oxygen atoms in total. The summed E-state index contributed by atoms with van der Waals surface area (Å²) in [4.78, 5) is 20.5. The summed E-state index contributed by atoms with van der Waals surface area (Å²) in [5, 5.41) is 0. The Morgan fingerprint density at radius 2 is 2.18 bits per heavy atom. The number of aromatic amines is 1. The molecule has 0 amide bonds. The van der Waals surface area contributed by atoms with Crippen molar-refractivity contribution in [2.45, 2.75) is 25.7 Å². The molecule has 0 aliphatic carbocycles. The summed E-state index contributed by atoms with van der Waals surface area (Å²) in [5.74, 6) is 0. The van der Waals surface area contributed by atoms with E-state index in [-0.39, 0.29) is 5.56 Å². The second kappa shape index (κ2) is 5.82. The molecule has 1 N–H and O–H groups in total. The summed E-state index contributed by atoms with van der Waals surface area (Å²) in [7, 11) is 1.51. The molecule has 2 rings (SSSR count). The predicted octanol–water partition coefficient (Wildman–Crippen LogP) is 0.807. The van der Waals surface area contributed by atoms with Gasteiger partial charge in [0.2, 0.25) is 0 Å². The van der Waals surface area contributed by atoms with Crippen LogP contribution in [0.4, 0.5) is 0 Å². The molecule has 0 bridgehead atoms. The van der Waals surface area contributed by atoms with E-state index in [1.807, 2.05) is 0 Å². The third kappa shape index (κ3) is 3.56. The van der Waals surface area contributed by atoms with E-state index in [1.54, 1.807) is 6.07 Å². The van der Waals surface area contributed by atoms with Gasteiger partial charge in [-0.15, -0.1) is 0 Å². The zero-order valence-corrected chi connectivity index (χ0v) is 10.2. The fraction of sp³-hybridized carbons (Fsp3) is 0.667. The van der Waals surface area contributed by atoms with Crippen molar-refractivity contribution in [3.05, 3.63) is 22.1 Å². The highest BCUT2D eigenvalue weighted by Gasteiger charge is 2.10. The third-order valence-electron chi connectivity index (χ3n) is 3.10. The number of nitrogens with zero attached hydrogens (tertiary/aromatic N) is 2. The molecule has 0 atom stereocenters. The first-order valence-electron chi connectivity index (χ1n) is 6.14. The van der Waals surface area contributed by atoms with Crippen LogP contribution in [0.15, 0.2) is 10.9 Å². The Balaban J connectivity index is 1.93. The number of hydrogen-bond acceptors (Lipinski definition) is 4. The maximum atomic E-state index is 11.3. The monoisotopic (exact) mass is 237 g/mol. The van der Waals surface area contributed by atoms with Gasteiger partial charge in [-0.25, -0.2) is 4.98 Å². The van der Waals surface area contributed by atoms with Crippen LogP contribution >= 0.6 is 0 Å². The summed E-state index contributed by atoms with van der Waals surface area (Å²) in [6.07, 6.45) is 4.71. The quantitative estimate of drug-likeness (QED) is 0.841. The van der Waals surface area contributed by atoms with E-state index in [0.717, 1.165) is 18.7 Å². The molecular formula is C12H19N3O2. The van der Waals surface area contributed by atoms with Crippen LogP contribution < -0.4 is 10.3 Å². The van der Waals surface area contributed by atoms with Gasteiger partial charge in [0.05, 0.1) is 12.8 Å². The minimum atomic E-state index is -0.148. The molecule has 0 radical (unpaired) electrons. The van der Waals surface area contributed by atoms with Crippen LogP contribution in [-0.4, -0.2) is 41.6 Å². The van der Waals surface area contributed by atoms with Crippen molar-refractivity contribution in [2.24, 2.45) is 0 Å². The highest BCUT2D eigenvalue weighted by molar-refractivity contribution is 5.06. The topological polar surface area (TPSA) is 58.2 Å². The summed E-state index contributed by atoms with van der Waals surface area (Å²) in [6, 6.07) is 1.85. The molecule has 2 heterocycles. The molecule has 94 valence electrons. The highest BCUT2D eigenvalue weighted by atomic mass is 16.5. The zero-order valence-electron chi connectivity index (χ0n) is 10.2. The number of piperidine rings is 1. The lowest BCUT2D eigenvalue weighted by atomic mass is 10.1. The molecule has 17 heavy (non-hydrogen) atoms. The average molecular weight is 237 g/mol. The minimum Gasteiger partial charge on any atom is -0.468 e. The van der Waals surface area contributed by atoms with Gasteiger partial charge in [-0.2, -0.15) is 0 Å². The van der Waals surface area contributed by atoms with Crippen LogP contribution in [-0.2, 0) is 6.42 Å². The largest absolute Gasteiger partial charge is 0.468 e. The maximum absolute atomic E-state index is 11.3. The van der Waals surface area contributed by atoms with Crippen molar-refractivity contribution in [3.63, 3.8) is 0 Å². The number of nitrogens with one attached hydrogen (secondary N) is 1. The van der Waals surface area contributed by atoms with Gasteiger partial charge in [-0.1, -0.05) is 6.42 Å². The van der Waals surface area contributed by atoms with Crippen LogP contribution in [0.3, 0.4) is 0 Å². The van der Waals surface area contributed by atoms with E-state index in [4.69, 9.17) is 4.74 Å². The lowest BCUT2D eigenvalue weighted by Gasteiger charge is -2.26. The molecule has 1 aliphatic heterocycles. The summed E-state index contributed by atoms with van der Waals surface area (Å²) in [5.41, 5.74) is 0.654. The second-order valence-electron chi connectivity index (χ2n) is 4.40. The number of aromatic nitrogens is 2. The van der Waals surface area contributed by atoms with E-state index >= 15 is 0 Å². The lowest BCUT2D eigenvalue weighted by molar-refractivity contribution is 0.230. The Morgan fingerprint density at radius 1 is 1.41 bits per heavy atom. The summed E-state index contributed by atoms with van der Waals surface area (Å²) in [6.45, 7) is 3.31. The third-order valence-corrected chi connectivity index (χ3v) is 3.10. The van der Waals surface area contributed by atoms with Gasteiger partial charge < -0.3 is 9.64 Å². The molecule has 0 aromatic carbocycles. The van der Waals surface area contributed by atoms with Crippen molar-refractivity contribution >= 4 is 0 Å². The molecule has 0 unspecified atom stereocenters. The molecule has 0 spiro atoms. The van der Waals surface area contributed by atoms with E-state index in [1.165, 1.54) is 39.5 Å². The Labute approximate surface area is 101 Å². The van der Waals surface area contributed by atoms with Gasteiger partial charge in [-0.05, 0) is 25.9 Å². The molecule has 1 fully saturated rings. The first-order chi connectivity index (χ1) is 8.28. The van der Waals surface area contributed by atoms with Crippen molar-refractivity contribution in [1.29, 1.82) is 0 Å². The van der Waals surface area contributed by atoms with Crippen molar-refractivity contribution in [3.8, 4) is 6.01 Å². The minimum absolute atomic E-state index is 0.148. The molecule has 5 heteroatoms. The van der Waals surface area contributed by atoms with Crippen molar-refractivity contribution in [2.75, 3.05) is 26.7 Å². The first kappa shape index (κ1) is 12.1. The number of likely N-dealkylation sites (tertiary alicyclic amines) is 1. The van der Waals surface area contributed by atoms with Crippen molar-refractivity contribution < 1.29 is 4.74 Å². The zero-order chi connectivity index (χ0) is 12.1.